The minimum Gasteiger partial charge on any atom is -0.385 e. The molecular formula is C10H15N3O3. The highest BCUT2D eigenvalue weighted by Gasteiger charge is 2.16. The van der Waals surface area contributed by atoms with Crippen molar-refractivity contribution in [3.63, 3.8) is 0 Å². The second-order valence-electron chi connectivity index (χ2n) is 4.06. The van der Waals surface area contributed by atoms with Crippen molar-refractivity contribution in [1.29, 1.82) is 0 Å². The molecule has 88 valence electrons. The van der Waals surface area contributed by atoms with Gasteiger partial charge in [-0.05, 0) is 12.8 Å². The van der Waals surface area contributed by atoms with Crippen LogP contribution in [0.5, 0.6) is 0 Å². The standard InChI is InChI=1S/C10H15N3O3/c11-8-4-9(14)12-10(15)13(8)5-7-2-1-3-16-6-7/h4,7H,1-3,5-6,11H2,(H,12,14,15). The summed E-state index contributed by atoms with van der Waals surface area (Å²) >= 11 is 0. The van der Waals surface area contributed by atoms with Gasteiger partial charge in [0.1, 0.15) is 5.82 Å². The van der Waals surface area contributed by atoms with Gasteiger partial charge in [0, 0.05) is 25.1 Å². The van der Waals surface area contributed by atoms with E-state index in [0.717, 1.165) is 19.4 Å². The van der Waals surface area contributed by atoms with E-state index >= 15 is 0 Å². The van der Waals surface area contributed by atoms with Crippen LogP contribution >= 0.6 is 0 Å². The molecule has 0 spiro atoms. The number of anilines is 1. The molecule has 1 aromatic rings. The minimum atomic E-state index is -0.460. The third-order valence-corrected chi connectivity index (χ3v) is 2.76. The third kappa shape index (κ3) is 2.33. The Balaban J connectivity index is 2.20. The summed E-state index contributed by atoms with van der Waals surface area (Å²) in [7, 11) is 0. The summed E-state index contributed by atoms with van der Waals surface area (Å²) in [4.78, 5) is 24.7. The number of nitrogen functional groups attached to an aromatic ring is 1. The highest BCUT2D eigenvalue weighted by atomic mass is 16.5. The Bertz CT molecular complexity index is 471. The lowest BCUT2D eigenvalue weighted by molar-refractivity contribution is 0.0481. The van der Waals surface area contributed by atoms with E-state index < -0.39 is 11.2 Å². The number of nitrogens with two attached hydrogens (primary N) is 1. The number of aromatic amines is 1. The molecule has 0 radical (unpaired) electrons. The van der Waals surface area contributed by atoms with Crippen LogP contribution in [0.1, 0.15) is 12.8 Å². The molecule has 1 fully saturated rings. The molecule has 3 N–H and O–H groups in total. The van der Waals surface area contributed by atoms with Crippen molar-refractivity contribution >= 4 is 5.82 Å². The molecule has 16 heavy (non-hydrogen) atoms. The molecule has 0 bridgehead atoms. The van der Waals surface area contributed by atoms with Gasteiger partial charge in [0.15, 0.2) is 0 Å². The summed E-state index contributed by atoms with van der Waals surface area (Å²) in [5.41, 5.74) is 4.73. The molecule has 1 atom stereocenters. The number of ether oxygens (including phenoxy) is 1. The average Bonchev–Trinajstić information content (AvgIpc) is 2.25. The highest BCUT2D eigenvalue weighted by Crippen LogP contribution is 2.15. The summed E-state index contributed by atoms with van der Waals surface area (Å²) in [5, 5.41) is 0. The summed E-state index contributed by atoms with van der Waals surface area (Å²) in [5.74, 6) is 0.499. The lowest BCUT2D eigenvalue weighted by Crippen LogP contribution is -2.35. The van der Waals surface area contributed by atoms with Crippen LogP contribution < -0.4 is 17.0 Å². The number of H-pyrrole nitrogens is 1. The largest absolute Gasteiger partial charge is 0.385 e. The van der Waals surface area contributed by atoms with Crippen molar-refractivity contribution in [3.05, 3.63) is 26.9 Å². The average molecular weight is 225 g/mol. The lowest BCUT2D eigenvalue weighted by atomic mass is 10.0. The van der Waals surface area contributed by atoms with Crippen LogP contribution in [0.15, 0.2) is 15.7 Å². The summed E-state index contributed by atoms with van der Waals surface area (Å²) < 4.78 is 6.72. The SMILES string of the molecule is Nc1cc(=O)[nH]c(=O)n1CC1CCCOC1. The number of hydrogen-bond donors (Lipinski definition) is 2. The molecule has 1 aliphatic heterocycles. The number of aromatic nitrogens is 2. The van der Waals surface area contributed by atoms with Crippen molar-refractivity contribution in [3.8, 4) is 0 Å². The first-order valence-corrected chi connectivity index (χ1v) is 5.34. The minimum absolute atomic E-state index is 0.208. The molecule has 0 saturated carbocycles. The van der Waals surface area contributed by atoms with Gasteiger partial charge in [0.05, 0.1) is 6.61 Å². The Morgan fingerprint density at radius 3 is 3.00 bits per heavy atom. The topological polar surface area (TPSA) is 90.1 Å². The van der Waals surface area contributed by atoms with Crippen LogP contribution in [0.2, 0.25) is 0 Å². The third-order valence-electron chi connectivity index (χ3n) is 2.76. The molecule has 2 rings (SSSR count). The molecule has 2 heterocycles. The summed E-state index contributed by atoms with van der Waals surface area (Å²) in [6.07, 6.45) is 2.02. The lowest BCUT2D eigenvalue weighted by Gasteiger charge is -2.23. The van der Waals surface area contributed by atoms with E-state index in [0.29, 0.717) is 19.1 Å². The van der Waals surface area contributed by atoms with E-state index in [1.807, 2.05) is 0 Å². The molecule has 1 aromatic heterocycles. The number of rotatable bonds is 2. The second-order valence-corrected chi connectivity index (χ2v) is 4.06. The van der Waals surface area contributed by atoms with Gasteiger partial charge in [-0.15, -0.1) is 0 Å². The molecule has 1 unspecified atom stereocenters. The van der Waals surface area contributed by atoms with Gasteiger partial charge in [-0.3, -0.25) is 14.3 Å². The monoisotopic (exact) mass is 225 g/mol. The number of nitrogens with one attached hydrogen (secondary N) is 1. The fourth-order valence-corrected chi connectivity index (χ4v) is 1.94. The van der Waals surface area contributed by atoms with Crippen LogP contribution in [0.4, 0.5) is 5.82 Å². The van der Waals surface area contributed by atoms with Gasteiger partial charge < -0.3 is 10.5 Å². The predicted octanol–water partition coefficient (Wildman–Crippen LogP) is -0.455. The van der Waals surface area contributed by atoms with Gasteiger partial charge in [-0.1, -0.05) is 0 Å². The maximum Gasteiger partial charge on any atom is 0.329 e. The van der Waals surface area contributed by atoms with Crippen molar-refractivity contribution in [2.75, 3.05) is 18.9 Å². The molecule has 0 amide bonds. The molecule has 0 aliphatic carbocycles. The zero-order chi connectivity index (χ0) is 11.5. The maximum atomic E-state index is 11.5. The zero-order valence-corrected chi connectivity index (χ0v) is 8.94. The fraction of sp³-hybridized carbons (Fsp3) is 0.600. The fourth-order valence-electron chi connectivity index (χ4n) is 1.94. The van der Waals surface area contributed by atoms with Gasteiger partial charge in [-0.25, -0.2) is 4.79 Å². The second kappa shape index (κ2) is 4.52. The smallest absolute Gasteiger partial charge is 0.329 e. The Labute approximate surface area is 92.0 Å². The molecule has 6 nitrogen and oxygen atoms in total. The van der Waals surface area contributed by atoms with E-state index in [9.17, 15) is 9.59 Å². The maximum absolute atomic E-state index is 11.5. The van der Waals surface area contributed by atoms with E-state index in [1.54, 1.807) is 0 Å². The van der Waals surface area contributed by atoms with Crippen LogP contribution in [-0.4, -0.2) is 22.8 Å². The number of nitrogens with zero attached hydrogens (tertiary/aromatic N) is 1. The van der Waals surface area contributed by atoms with E-state index in [1.165, 1.54) is 10.6 Å². The van der Waals surface area contributed by atoms with Gasteiger partial charge >= 0.3 is 5.69 Å². The van der Waals surface area contributed by atoms with Gasteiger partial charge in [-0.2, -0.15) is 0 Å². The predicted molar refractivity (Wildman–Crippen MR) is 59.3 cm³/mol. The van der Waals surface area contributed by atoms with Gasteiger partial charge in [0.2, 0.25) is 0 Å². The Morgan fingerprint density at radius 2 is 2.38 bits per heavy atom. The van der Waals surface area contributed by atoms with E-state index in [2.05, 4.69) is 4.98 Å². The summed E-state index contributed by atoms with van der Waals surface area (Å²) in [6, 6.07) is 1.23. The zero-order valence-electron chi connectivity index (χ0n) is 8.94. The van der Waals surface area contributed by atoms with Crippen molar-refractivity contribution in [2.45, 2.75) is 19.4 Å². The van der Waals surface area contributed by atoms with Crippen LogP contribution in [0.25, 0.3) is 0 Å². The van der Waals surface area contributed by atoms with Crippen LogP contribution in [0, 0.1) is 5.92 Å². The first-order valence-electron chi connectivity index (χ1n) is 5.34. The van der Waals surface area contributed by atoms with Crippen molar-refractivity contribution in [2.24, 2.45) is 5.92 Å². The first-order chi connectivity index (χ1) is 7.66. The normalized spacial score (nSPS) is 20.9. The Kier molecular flexibility index (Phi) is 3.09. The molecule has 6 heteroatoms. The molecule has 1 aliphatic rings. The molecule has 1 saturated heterocycles. The Morgan fingerprint density at radius 1 is 1.56 bits per heavy atom. The van der Waals surface area contributed by atoms with Crippen LogP contribution in [-0.2, 0) is 11.3 Å². The number of hydrogen-bond acceptors (Lipinski definition) is 4. The molecular weight excluding hydrogens is 210 g/mol. The molecule has 0 aromatic carbocycles. The summed E-state index contributed by atoms with van der Waals surface area (Å²) in [6.45, 7) is 1.93. The quantitative estimate of drug-likeness (QED) is 0.713. The first kappa shape index (κ1) is 10.9. The van der Waals surface area contributed by atoms with Crippen molar-refractivity contribution < 1.29 is 4.74 Å². The Hall–Kier alpha value is -1.56. The highest BCUT2D eigenvalue weighted by molar-refractivity contribution is 5.26. The van der Waals surface area contributed by atoms with Gasteiger partial charge in [0.25, 0.3) is 5.56 Å². The van der Waals surface area contributed by atoms with Crippen molar-refractivity contribution in [1.82, 2.24) is 9.55 Å². The van der Waals surface area contributed by atoms with E-state index in [4.69, 9.17) is 10.5 Å². The van der Waals surface area contributed by atoms with E-state index in [-0.39, 0.29) is 5.82 Å². The van der Waals surface area contributed by atoms with Crippen LogP contribution in [0.3, 0.4) is 0 Å².